The molecule has 2 unspecified atom stereocenters. The summed E-state index contributed by atoms with van der Waals surface area (Å²) in [5.74, 6) is 0.777. The predicted molar refractivity (Wildman–Crippen MR) is 185 cm³/mol. The van der Waals surface area contributed by atoms with Gasteiger partial charge in [-0.15, -0.1) is 0 Å². The van der Waals surface area contributed by atoms with Crippen molar-refractivity contribution >= 4 is 31.6 Å². The molecule has 3 aliphatic rings. The zero-order chi connectivity index (χ0) is 34.6. The maximum atomic E-state index is 16.1. The Labute approximate surface area is 284 Å². The second-order valence-corrected chi connectivity index (χ2v) is 17.7. The Bertz CT molecular complexity index is 1440. The number of carbonyl (C=O) groups is 2. The van der Waals surface area contributed by atoms with Crippen LogP contribution in [0.15, 0.2) is 36.4 Å². The third-order valence-electron chi connectivity index (χ3n) is 10.2. The van der Waals surface area contributed by atoms with Crippen molar-refractivity contribution in [1.29, 1.82) is 0 Å². The van der Waals surface area contributed by atoms with E-state index >= 15 is 4.11 Å². The van der Waals surface area contributed by atoms with Crippen molar-refractivity contribution in [2.75, 3.05) is 44.9 Å². The number of rotatable bonds is 14. The van der Waals surface area contributed by atoms with Crippen LogP contribution >= 0.6 is 0 Å². The maximum Gasteiger partial charge on any atom is 0.249 e. The van der Waals surface area contributed by atoms with Crippen molar-refractivity contribution < 1.29 is 38.1 Å². The van der Waals surface area contributed by atoms with Crippen molar-refractivity contribution in [3.05, 3.63) is 47.5 Å². The minimum atomic E-state index is -3.42. The number of aliphatic hydroxyl groups excluding tert-OH is 2. The molecule has 3 N–H and O–H groups in total. The number of fused-ring (bicyclic) bond motifs is 2. The van der Waals surface area contributed by atoms with Crippen LogP contribution < -0.4 is 19.7 Å². The number of aliphatic hydroxyl groups is 2. The molecule has 0 spiro atoms. The summed E-state index contributed by atoms with van der Waals surface area (Å²) in [4.78, 5) is 31.0. The number of nitrogens with zero attached hydrogens (tertiary/aromatic N) is 2. The monoisotopic (exact) mass is 685 g/mol. The second kappa shape index (κ2) is 15.7. The van der Waals surface area contributed by atoms with E-state index in [-0.39, 0.29) is 43.4 Å². The SMILES string of the molecule is CCOc1ccc2c(c1)CC(NCCCCO)C(=O)N2c1ccc2c(c1)[C@@H](OC)[C@H](C)[C@@H](C(CC(=O)N1CCC[C@H]1CO)[Si](C)(C)F)O2. The van der Waals surface area contributed by atoms with Gasteiger partial charge in [0.15, 0.2) is 0 Å². The molecule has 2 aromatic rings. The zero-order valence-corrected chi connectivity index (χ0v) is 29.9. The molecular weight excluding hydrogens is 633 g/mol. The lowest BCUT2D eigenvalue weighted by molar-refractivity contribution is -0.133. The minimum absolute atomic E-state index is 0.0145. The highest BCUT2D eigenvalue weighted by atomic mass is 28.4. The van der Waals surface area contributed by atoms with E-state index in [0.717, 1.165) is 41.8 Å². The quantitative estimate of drug-likeness (QED) is 0.144. The average molecular weight is 686 g/mol. The number of anilines is 2. The summed E-state index contributed by atoms with van der Waals surface area (Å²) in [5, 5.41) is 22.4. The summed E-state index contributed by atoms with van der Waals surface area (Å²) < 4.78 is 34.6. The molecule has 10 nitrogen and oxygen atoms in total. The molecule has 5 rings (SSSR count). The summed E-state index contributed by atoms with van der Waals surface area (Å²) in [5.41, 5.74) is 2.56. The van der Waals surface area contributed by atoms with Crippen LogP contribution in [0.2, 0.25) is 18.6 Å². The number of unbranched alkanes of at least 4 members (excludes halogenated alkanes) is 1. The van der Waals surface area contributed by atoms with Gasteiger partial charge in [-0.1, -0.05) is 6.92 Å². The van der Waals surface area contributed by atoms with Crippen LogP contribution in [0.1, 0.15) is 63.2 Å². The highest BCUT2D eigenvalue weighted by Gasteiger charge is 2.49. The summed E-state index contributed by atoms with van der Waals surface area (Å²) in [6, 6.07) is 10.7. The molecular formula is C36H52FN3O7Si. The third kappa shape index (κ3) is 7.57. The fourth-order valence-corrected chi connectivity index (χ4v) is 9.45. The molecule has 1 saturated heterocycles. The predicted octanol–water partition coefficient (Wildman–Crippen LogP) is 5.04. The number of ether oxygens (including phenoxy) is 3. The highest BCUT2D eigenvalue weighted by Crippen LogP contribution is 2.49. The Morgan fingerprint density at radius 2 is 1.98 bits per heavy atom. The maximum absolute atomic E-state index is 16.1. The van der Waals surface area contributed by atoms with Gasteiger partial charge in [0.25, 0.3) is 0 Å². The van der Waals surface area contributed by atoms with Gasteiger partial charge >= 0.3 is 0 Å². The summed E-state index contributed by atoms with van der Waals surface area (Å²) in [6.07, 6.45) is 2.45. The number of hydrogen-bond donors (Lipinski definition) is 3. The average Bonchev–Trinajstić information content (AvgIpc) is 3.55. The number of likely N-dealkylation sites (tertiary alicyclic amines) is 1. The molecule has 0 bridgehead atoms. The van der Waals surface area contributed by atoms with Gasteiger partial charge in [0.2, 0.25) is 20.2 Å². The first-order chi connectivity index (χ1) is 23.0. The standard InChI is InChI=1S/C36H52FN3O7Si/c1-6-46-27-12-13-30-24(18-27)19-29(38-15-7-8-17-41)36(44)40(30)25-11-14-31-28(20-25)34(45-3)23(2)35(47-31)32(48(4,5)37)21-33(43)39-16-9-10-26(39)22-42/h11-14,18,20,23,26,29,32,34-35,38,41-42H,6-10,15-17,19,21-22H2,1-5H3/t23-,26-,29?,32?,34-,35-/m0/s1. The van der Waals surface area contributed by atoms with Crippen LogP contribution in [0.3, 0.4) is 0 Å². The Morgan fingerprint density at radius 3 is 2.67 bits per heavy atom. The normalized spacial score (nSPS) is 24.6. The fraction of sp³-hybridized carbons (Fsp3) is 0.611. The van der Waals surface area contributed by atoms with Gasteiger partial charge in [-0.05, 0) is 101 Å². The summed E-state index contributed by atoms with van der Waals surface area (Å²) in [7, 11) is -1.80. The Hall–Kier alpha value is -3.03. The Kier molecular flexibility index (Phi) is 11.8. The van der Waals surface area contributed by atoms with Gasteiger partial charge in [-0.25, -0.2) is 0 Å². The molecule has 0 saturated carbocycles. The van der Waals surface area contributed by atoms with Crippen LogP contribution in [0, 0.1) is 5.92 Å². The van der Waals surface area contributed by atoms with Crippen LogP contribution in [-0.2, 0) is 20.7 Å². The van der Waals surface area contributed by atoms with Crippen molar-refractivity contribution in [3.8, 4) is 11.5 Å². The van der Waals surface area contributed by atoms with Gasteiger partial charge in [0.05, 0.1) is 37.1 Å². The lowest BCUT2D eigenvalue weighted by Gasteiger charge is -2.43. The minimum Gasteiger partial charge on any atom is -0.494 e. The molecule has 2 amide bonds. The Morgan fingerprint density at radius 1 is 1.19 bits per heavy atom. The lowest BCUT2D eigenvalue weighted by atomic mass is 9.86. The van der Waals surface area contributed by atoms with Crippen molar-refractivity contribution in [1.82, 2.24) is 10.2 Å². The largest absolute Gasteiger partial charge is 0.494 e. The van der Waals surface area contributed by atoms with E-state index in [2.05, 4.69) is 5.32 Å². The first-order valence-electron chi connectivity index (χ1n) is 17.4. The molecule has 0 radical (unpaired) electrons. The first kappa shape index (κ1) is 36.3. The molecule has 3 heterocycles. The van der Waals surface area contributed by atoms with Gasteiger partial charge in [-0.2, -0.15) is 0 Å². The number of nitrogens with one attached hydrogen (secondary N) is 1. The van der Waals surface area contributed by atoms with Gasteiger partial charge < -0.3 is 38.7 Å². The zero-order valence-electron chi connectivity index (χ0n) is 28.9. The van der Waals surface area contributed by atoms with Crippen LogP contribution in [-0.4, -0.2) is 93.5 Å². The molecule has 12 heteroatoms. The van der Waals surface area contributed by atoms with Gasteiger partial charge in [-0.3, -0.25) is 14.5 Å². The number of amides is 2. The topological polar surface area (TPSA) is 121 Å². The molecule has 264 valence electrons. The molecule has 0 aliphatic carbocycles. The van der Waals surface area contributed by atoms with E-state index in [1.165, 1.54) is 0 Å². The second-order valence-electron chi connectivity index (χ2n) is 13.8. The summed E-state index contributed by atoms with van der Waals surface area (Å²) >= 11 is 0. The van der Waals surface area contributed by atoms with E-state index in [0.29, 0.717) is 44.0 Å². The molecule has 6 atom stereocenters. The molecule has 48 heavy (non-hydrogen) atoms. The Balaban J connectivity index is 1.46. The molecule has 2 aromatic carbocycles. The first-order valence-corrected chi connectivity index (χ1v) is 20.3. The van der Waals surface area contributed by atoms with E-state index in [1.54, 1.807) is 30.0 Å². The number of carbonyl (C=O) groups excluding carboxylic acids is 2. The van der Waals surface area contributed by atoms with E-state index < -0.39 is 32.2 Å². The molecule has 3 aliphatic heterocycles. The lowest BCUT2D eigenvalue weighted by Crippen LogP contribution is -2.50. The van der Waals surface area contributed by atoms with Crippen LogP contribution in [0.25, 0.3) is 0 Å². The van der Waals surface area contributed by atoms with Crippen molar-refractivity contribution in [3.63, 3.8) is 0 Å². The van der Waals surface area contributed by atoms with Gasteiger partial charge in [0, 0.05) is 49.4 Å². The van der Waals surface area contributed by atoms with Crippen molar-refractivity contribution in [2.24, 2.45) is 5.92 Å². The van der Waals surface area contributed by atoms with Crippen LogP contribution in [0.4, 0.5) is 15.5 Å². The van der Waals surface area contributed by atoms with Gasteiger partial charge in [0.1, 0.15) is 17.6 Å². The fourth-order valence-electron chi connectivity index (χ4n) is 7.63. The highest BCUT2D eigenvalue weighted by molar-refractivity contribution is 6.72. The van der Waals surface area contributed by atoms with Crippen LogP contribution in [0.5, 0.6) is 11.5 Å². The third-order valence-corrected chi connectivity index (χ3v) is 12.5. The number of halogens is 1. The van der Waals surface area contributed by atoms with Crippen molar-refractivity contribution in [2.45, 2.75) is 95.3 Å². The smallest absolute Gasteiger partial charge is 0.249 e. The van der Waals surface area contributed by atoms with E-state index in [9.17, 15) is 19.8 Å². The summed E-state index contributed by atoms with van der Waals surface area (Å²) in [6.45, 7) is 8.88. The number of benzene rings is 2. The molecule has 0 aromatic heterocycles. The molecule has 1 fully saturated rings. The number of hydrogen-bond acceptors (Lipinski definition) is 8. The van der Waals surface area contributed by atoms with E-state index in [1.807, 2.05) is 50.2 Å². The van der Waals surface area contributed by atoms with E-state index in [4.69, 9.17) is 14.2 Å². The number of methoxy groups -OCH3 is 1.